The Labute approximate surface area is 92.6 Å². The molecule has 1 rings (SSSR count). The van der Waals surface area contributed by atoms with Gasteiger partial charge in [0.15, 0.2) is 0 Å². The van der Waals surface area contributed by atoms with Crippen molar-refractivity contribution >= 4 is 0 Å². The molecule has 1 unspecified atom stereocenters. The number of rotatable bonds is 6. The van der Waals surface area contributed by atoms with Crippen LogP contribution in [0.1, 0.15) is 38.8 Å². The predicted molar refractivity (Wildman–Crippen MR) is 64.3 cm³/mol. The van der Waals surface area contributed by atoms with Crippen molar-refractivity contribution < 1.29 is 4.74 Å². The van der Waals surface area contributed by atoms with Crippen molar-refractivity contribution in [3.05, 3.63) is 29.8 Å². The molecule has 0 saturated heterocycles. The van der Waals surface area contributed by atoms with E-state index in [-0.39, 0.29) is 0 Å². The molecule has 1 N–H and O–H groups in total. The van der Waals surface area contributed by atoms with Crippen molar-refractivity contribution in [2.75, 3.05) is 13.2 Å². The van der Waals surface area contributed by atoms with Gasteiger partial charge in [0, 0.05) is 6.04 Å². The summed E-state index contributed by atoms with van der Waals surface area (Å²) in [5.41, 5.74) is 1.29. The Morgan fingerprint density at radius 2 is 2.13 bits per heavy atom. The molecular formula is C13H21NO. The molecule has 0 saturated carbocycles. The highest BCUT2D eigenvalue weighted by Gasteiger charge is 2.04. The van der Waals surface area contributed by atoms with Crippen molar-refractivity contribution in [1.82, 2.24) is 5.32 Å². The largest absolute Gasteiger partial charge is 0.494 e. The van der Waals surface area contributed by atoms with Crippen LogP contribution in [0.25, 0.3) is 0 Å². The SMILES string of the molecule is CCCNC(C)c1cccc(OCC)c1. The molecule has 0 fully saturated rings. The van der Waals surface area contributed by atoms with E-state index in [4.69, 9.17) is 4.74 Å². The first kappa shape index (κ1) is 12.1. The van der Waals surface area contributed by atoms with Crippen LogP contribution in [-0.2, 0) is 0 Å². The Kier molecular flexibility index (Phi) is 5.19. The third kappa shape index (κ3) is 3.92. The topological polar surface area (TPSA) is 21.3 Å². The van der Waals surface area contributed by atoms with E-state index in [1.54, 1.807) is 0 Å². The predicted octanol–water partition coefficient (Wildman–Crippen LogP) is 3.15. The molecule has 1 aromatic rings. The first-order chi connectivity index (χ1) is 7.27. The normalized spacial score (nSPS) is 12.5. The van der Waals surface area contributed by atoms with Crippen LogP contribution in [0.3, 0.4) is 0 Å². The van der Waals surface area contributed by atoms with Gasteiger partial charge < -0.3 is 10.1 Å². The molecule has 15 heavy (non-hydrogen) atoms. The van der Waals surface area contributed by atoms with Gasteiger partial charge in [-0.2, -0.15) is 0 Å². The van der Waals surface area contributed by atoms with E-state index in [0.29, 0.717) is 6.04 Å². The molecule has 0 aliphatic rings. The maximum Gasteiger partial charge on any atom is 0.119 e. The third-order valence-electron chi connectivity index (χ3n) is 2.37. The molecule has 0 bridgehead atoms. The summed E-state index contributed by atoms with van der Waals surface area (Å²) in [6.45, 7) is 8.14. The van der Waals surface area contributed by atoms with E-state index < -0.39 is 0 Å². The summed E-state index contributed by atoms with van der Waals surface area (Å²) in [4.78, 5) is 0. The molecule has 0 aliphatic heterocycles. The molecule has 1 atom stereocenters. The van der Waals surface area contributed by atoms with Crippen LogP contribution in [0.4, 0.5) is 0 Å². The lowest BCUT2D eigenvalue weighted by Crippen LogP contribution is -2.19. The Morgan fingerprint density at radius 3 is 2.80 bits per heavy atom. The third-order valence-corrected chi connectivity index (χ3v) is 2.37. The molecule has 84 valence electrons. The average Bonchev–Trinajstić information content (AvgIpc) is 2.27. The molecule has 0 radical (unpaired) electrons. The molecule has 0 spiro atoms. The lowest BCUT2D eigenvalue weighted by atomic mass is 10.1. The Bertz CT molecular complexity index is 286. The van der Waals surface area contributed by atoms with Crippen molar-refractivity contribution in [2.24, 2.45) is 0 Å². The summed E-state index contributed by atoms with van der Waals surface area (Å²) < 4.78 is 5.47. The Balaban J connectivity index is 2.62. The Hall–Kier alpha value is -1.02. The van der Waals surface area contributed by atoms with Crippen molar-refractivity contribution in [3.8, 4) is 5.75 Å². The van der Waals surface area contributed by atoms with Crippen LogP contribution in [0.5, 0.6) is 5.75 Å². The molecule has 0 aromatic heterocycles. The number of ether oxygens (including phenoxy) is 1. The van der Waals surface area contributed by atoms with E-state index in [9.17, 15) is 0 Å². The number of hydrogen-bond donors (Lipinski definition) is 1. The second-order valence-electron chi connectivity index (χ2n) is 3.68. The molecule has 2 heteroatoms. The van der Waals surface area contributed by atoms with Crippen LogP contribution in [0.2, 0.25) is 0 Å². The minimum Gasteiger partial charge on any atom is -0.494 e. The van der Waals surface area contributed by atoms with Crippen LogP contribution in [-0.4, -0.2) is 13.2 Å². The molecule has 0 aliphatic carbocycles. The average molecular weight is 207 g/mol. The lowest BCUT2D eigenvalue weighted by molar-refractivity contribution is 0.339. The van der Waals surface area contributed by atoms with E-state index in [1.165, 1.54) is 5.56 Å². The standard InChI is InChI=1S/C13H21NO/c1-4-9-14-11(3)12-7-6-8-13(10-12)15-5-2/h6-8,10-11,14H,4-5,9H2,1-3H3. The van der Waals surface area contributed by atoms with E-state index >= 15 is 0 Å². The minimum absolute atomic E-state index is 0.394. The Morgan fingerprint density at radius 1 is 1.33 bits per heavy atom. The fourth-order valence-corrected chi connectivity index (χ4v) is 1.52. The molecular weight excluding hydrogens is 186 g/mol. The van der Waals surface area contributed by atoms with Crippen molar-refractivity contribution in [3.63, 3.8) is 0 Å². The zero-order chi connectivity index (χ0) is 11.1. The van der Waals surface area contributed by atoms with E-state index in [1.807, 2.05) is 19.1 Å². The second-order valence-corrected chi connectivity index (χ2v) is 3.68. The highest BCUT2D eigenvalue weighted by atomic mass is 16.5. The van der Waals surface area contributed by atoms with Crippen molar-refractivity contribution in [1.29, 1.82) is 0 Å². The molecule has 0 amide bonds. The highest BCUT2D eigenvalue weighted by Crippen LogP contribution is 2.18. The van der Waals surface area contributed by atoms with Gasteiger partial charge in [0.05, 0.1) is 6.61 Å². The molecule has 2 nitrogen and oxygen atoms in total. The van der Waals surface area contributed by atoms with Gasteiger partial charge in [-0.15, -0.1) is 0 Å². The van der Waals surface area contributed by atoms with Crippen LogP contribution in [0, 0.1) is 0 Å². The summed E-state index contributed by atoms with van der Waals surface area (Å²) in [5, 5.41) is 3.46. The van der Waals surface area contributed by atoms with E-state index in [0.717, 1.165) is 25.3 Å². The number of hydrogen-bond acceptors (Lipinski definition) is 2. The summed E-state index contributed by atoms with van der Waals surface area (Å²) >= 11 is 0. The quantitative estimate of drug-likeness (QED) is 0.773. The maximum absolute atomic E-state index is 5.47. The summed E-state index contributed by atoms with van der Waals surface area (Å²) in [5.74, 6) is 0.958. The fourth-order valence-electron chi connectivity index (χ4n) is 1.52. The van der Waals surface area contributed by atoms with Gasteiger partial charge >= 0.3 is 0 Å². The van der Waals surface area contributed by atoms with Crippen LogP contribution >= 0.6 is 0 Å². The van der Waals surface area contributed by atoms with Gasteiger partial charge in [-0.25, -0.2) is 0 Å². The van der Waals surface area contributed by atoms with Crippen molar-refractivity contribution in [2.45, 2.75) is 33.2 Å². The first-order valence-corrected chi connectivity index (χ1v) is 5.74. The zero-order valence-corrected chi connectivity index (χ0v) is 9.92. The summed E-state index contributed by atoms with van der Waals surface area (Å²) in [6.07, 6.45) is 1.16. The minimum atomic E-state index is 0.394. The van der Waals surface area contributed by atoms with Crippen LogP contribution in [0.15, 0.2) is 24.3 Å². The fraction of sp³-hybridized carbons (Fsp3) is 0.538. The summed E-state index contributed by atoms with van der Waals surface area (Å²) in [6, 6.07) is 8.68. The first-order valence-electron chi connectivity index (χ1n) is 5.74. The lowest BCUT2D eigenvalue weighted by Gasteiger charge is -2.14. The van der Waals surface area contributed by atoms with E-state index in [2.05, 4.69) is 31.3 Å². The van der Waals surface area contributed by atoms with Gasteiger partial charge in [0.25, 0.3) is 0 Å². The molecule has 1 aromatic carbocycles. The van der Waals surface area contributed by atoms with Gasteiger partial charge in [0.1, 0.15) is 5.75 Å². The second kappa shape index (κ2) is 6.46. The van der Waals surface area contributed by atoms with Gasteiger partial charge in [-0.05, 0) is 44.5 Å². The van der Waals surface area contributed by atoms with Gasteiger partial charge in [-0.3, -0.25) is 0 Å². The highest BCUT2D eigenvalue weighted by molar-refractivity contribution is 5.30. The number of benzene rings is 1. The van der Waals surface area contributed by atoms with Crippen LogP contribution < -0.4 is 10.1 Å². The zero-order valence-electron chi connectivity index (χ0n) is 9.92. The van der Waals surface area contributed by atoms with Gasteiger partial charge in [-0.1, -0.05) is 19.1 Å². The molecule has 0 heterocycles. The smallest absolute Gasteiger partial charge is 0.119 e. The van der Waals surface area contributed by atoms with Gasteiger partial charge in [0.2, 0.25) is 0 Å². The summed E-state index contributed by atoms with van der Waals surface area (Å²) in [7, 11) is 0. The number of nitrogens with one attached hydrogen (secondary N) is 1. The monoisotopic (exact) mass is 207 g/mol. The maximum atomic E-state index is 5.47.